The van der Waals surface area contributed by atoms with Gasteiger partial charge in [0.05, 0.1) is 7.11 Å². The number of carbonyl (C=O) groups is 1. The molecular formula is C14H15N3O2S. The maximum absolute atomic E-state index is 11.8. The Morgan fingerprint density at radius 2 is 2.05 bits per heavy atom. The smallest absolute Gasteiger partial charge is 0.229 e. The highest BCUT2D eigenvalue weighted by Gasteiger charge is 2.25. The molecule has 1 fully saturated rings. The number of anilines is 1. The summed E-state index contributed by atoms with van der Waals surface area (Å²) in [6, 6.07) is 7.61. The average molecular weight is 289 g/mol. The predicted molar refractivity (Wildman–Crippen MR) is 77.9 cm³/mol. The third kappa shape index (κ3) is 2.65. The van der Waals surface area contributed by atoms with Crippen molar-refractivity contribution in [3.05, 3.63) is 24.3 Å². The Morgan fingerprint density at radius 3 is 2.65 bits per heavy atom. The molecule has 2 aromatic rings. The van der Waals surface area contributed by atoms with Gasteiger partial charge in [0, 0.05) is 11.5 Å². The molecule has 1 amide bonds. The number of hydrogen-bond donors (Lipinski definition) is 1. The lowest BCUT2D eigenvalue weighted by Crippen LogP contribution is -2.27. The van der Waals surface area contributed by atoms with Crippen LogP contribution in [0, 0.1) is 5.92 Å². The number of benzene rings is 1. The van der Waals surface area contributed by atoms with Gasteiger partial charge in [0.1, 0.15) is 10.8 Å². The van der Waals surface area contributed by atoms with Crippen LogP contribution in [-0.2, 0) is 4.79 Å². The second-order valence-corrected chi connectivity index (χ2v) is 5.74. The Hall–Kier alpha value is -1.95. The first-order chi connectivity index (χ1) is 9.76. The number of carbonyl (C=O) groups excluding carboxylic acids is 1. The Labute approximate surface area is 121 Å². The summed E-state index contributed by atoms with van der Waals surface area (Å²) >= 11 is 1.38. The monoisotopic (exact) mass is 289 g/mol. The zero-order valence-corrected chi connectivity index (χ0v) is 11.9. The average Bonchev–Trinajstić information content (AvgIpc) is 2.85. The lowest BCUT2D eigenvalue weighted by Gasteiger charge is -2.23. The fraction of sp³-hybridized carbons (Fsp3) is 0.357. The highest BCUT2D eigenvalue weighted by atomic mass is 32.1. The van der Waals surface area contributed by atoms with Gasteiger partial charge in [-0.05, 0) is 37.1 Å². The first-order valence-electron chi connectivity index (χ1n) is 6.55. The Kier molecular flexibility index (Phi) is 3.64. The van der Waals surface area contributed by atoms with E-state index in [9.17, 15) is 4.79 Å². The van der Waals surface area contributed by atoms with E-state index in [-0.39, 0.29) is 11.8 Å². The standard InChI is InChI=1S/C14H15N3O2S/c1-19-11-7-5-10(6-8-11)13-16-17-14(20-13)15-12(18)9-3-2-4-9/h5-9H,2-4H2,1H3,(H,15,17,18). The summed E-state index contributed by atoms with van der Waals surface area (Å²) < 4.78 is 5.12. The molecule has 0 saturated heterocycles. The maximum Gasteiger partial charge on any atom is 0.229 e. The van der Waals surface area contributed by atoms with E-state index in [0.717, 1.165) is 35.6 Å². The normalized spacial score (nSPS) is 14.7. The number of ether oxygens (including phenoxy) is 1. The first kappa shape index (κ1) is 13.1. The molecule has 0 radical (unpaired) electrons. The molecule has 104 valence electrons. The van der Waals surface area contributed by atoms with Crippen LogP contribution in [0.3, 0.4) is 0 Å². The maximum atomic E-state index is 11.8. The van der Waals surface area contributed by atoms with Crippen molar-refractivity contribution in [2.75, 3.05) is 12.4 Å². The molecule has 0 aliphatic heterocycles. The zero-order valence-electron chi connectivity index (χ0n) is 11.1. The summed E-state index contributed by atoms with van der Waals surface area (Å²) in [5.74, 6) is 1.02. The van der Waals surface area contributed by atoms with Crippen molar-refractivity contribution in [3.8, 4) is 16.3 Å². The van der Waals surface area contributed by atoms with Gasteiger partial charge in [0.25, 0.3) is 0 Å². The van der Waals surface area contributed by atoms with Crippen LogP contribution in [0.1, 0.15) is 19.3 Å². The Morgan fingerprint density at radius 1 is 1.30 bits per heavy atom. The third-order valence-electron chi connectivity index (χ3n) is 3.47. The molecule has 20 heavy (non-hydrogen) atoms. The van der Waals surface area contributed by atoms with Crippen LogP contribution in [0.2, 0.25) is 0 Å². The summed E-state index contributed by atoms with van der Waals surface area (Å²) in [7, 11) is 1.63. The van der Waals surface area contributed by atoms with Crippen molar-refractivity contribution in [3.63, 3.8) is 0 Å². The van der Waals surface area contributed by atoms with Gasteiger partial charge >= 0.3 is 0 Å². The van der Waals surface area contributed by atoms with E-state index in [1.807, 2.05) is 24.3 Å². The SMILES string of the molecule is COc1ccc(-c2nnc(NC(=O)C3CCC3)s2)cc1. The molecule has 0 unspecified atom stereocenters. The summed E-state index contributed by atoms with van der Waals surface area (Å²) in [5, 5.41) is 12.3. The predicted octanol–water partition coefficient (Wildman–Crippen LogP) is 2.95. The second kappa shape index (κ2) is 5.58. The molecule has 3 rings (SSSR count). The van der Waals surface area contributed by atoms with Crippen molar-refractivity contribution in [1.82, 2.24) is 10.2 Å². The van der Waals surface area contributed by atoms with Gasteiger partial charge in [0.15, 0.2) is 0 Å². The number of methoxy groups -OCH3 is 1. The van der Waals surface area contributed by atoms with E-state index >= 15 is 0 Å². The summed E-state index contributed by atoms with van der Waals surface area (Å²) in [6.45, 7) is 0. The van der Waals surface area contributed by atoms with Crippen LogP contribution >= 0.6 is 11.3 Å². The van der Waals surface area contributed by atoms with Crippen LogP contribution in [0.15, 0.2) is 24.3 Å². The van der Waals surface area contributed by atoms with Crippen molar-refractivity contribution in [2.24, 2.45) is 5.92 Å². The number of nitrogens with one attached hydrogen (secondary N) is 1. The molecule has 1 N–H and O–H groups in total. The Bertz CT molecular complexity index is 605. The van der Waals surface area contributed by atoms with Crippen molar-refractivity contribution in [1.29, 1.82) is 0 Å². The molecule has 1 aromatic heterocycles. The van der Waals surface area contributed by atoms with E-state index < -0.39 is 0 Å². The molecule has 0 atom stereocenters. The second-order valence-electron chi connectivity index (χ2n) is 4.76. The fourth-order valence-corrected chi connectivity index (χ4v) is 2.75. The largest absolute Gasteiger partial charge is 0.497 e. The van der Waals surface area contributed by atoms with E-state index in [2.05, 4.69) is 15.5 Å². The van der Waals surface area contributed by atoms with Gasteiger partial charge in [-0.1, -0.05) is 17.8 Å². The molecule has 6 heteroatoms. The van der Waals surface area contributed by atoms with Gasteiger partial charge in [-0.15, -0.1) is 10.2 Å². The number of rotatable bonds is 4. The highest BCUT2D eigenvalue weighted by molar-refractivity contribution is 7.18. The minimum atomic E-state index is 0.0636. The van der Waals surface area contributed by atoms with Crippen molar-refractivity contribution >= 4 is 22.4 Å². The lowest BCUT2D eigenvalue weighted by atomic mass is 9.85. The Balaban J connectivity index is 1.70. The van der Waals surface area contributed by atoms with E-state index in [1.165, 1.54) is 11.3 Å². The zero-order chi connectivity index (χ0) is 13.9. The molecule has 1 saturated carbocycles. The van der Waals surface area contributed by atoms with Gasteiger partial charge in [-0.3, -0.25) is 4.79 Å². The van der Waals surface area contributed by atoms with E-state index in [4.69, 9.17) is 4.74 Å². The van der Waals surface area contributed by atoms with Crippen LogP contribution < -0.4 is 10.1 Å². The minimum absolute atomic E-state index is 0.0636. The molecule has 1 aliphatic rings. The van der Waals surface area contributed by atoms with E-state index in [0.29, 0.717) is 5.13 Å². The first-order valence-corrected chi connectivity index (χ1v) is 7.36. The van der Waals surface area contributed by atoms with Gasteiger partial charge in [-0.2, -0.15) is 0 Å². The third-order valence-corrected chi connectivity index (χ3v) is 4.36. The van der Waals surface area contributed by atoms with Crippen molar-refractivity contribution < 1.29 is 9.53 Å². The molecule has 5 nitrogen and oxygen atoms in total. The molecule has 1 aliphatic carbocycles. The number of nitrogens with zero attached hydrogens (tertiary/aromatic N) is 2. The number of hydrogen-bond acceptors (Lipinski definition) is 5. The quantitative estimate of drug-likeness (QED) is 0.940. The van der Waals surface area contributed by atoms with Crippen LogP contribution in [0.25, 0.3) is 10.6 Å². The summed E-state index contributed by atoms with van der Waals surface area (Å²) in [4.78, 5) is 11.8. The lowest BCUT2D eigenvalue weighted by molar-refractivity contribution is -0.122. The molecule has 0 spiro atoms. The fourth-order valence-electron chi connectivity index (χ4n) is 2.00. The van der Waals surface area contributed by atoms with E-state index in [1.54, 1.807) is 7.11 Å². The van der Waals surface area contributed by atoms with Gasteiger partial charge < -0.3 is 10.1 Å². The highest BCUT2D eigenvalue weighted by Crippen LogP contribution is 2.30. The molecule has 0 bridgehead atoms. The van der Waals surface area contributed by atoms with Crippen molar-refractivity contribution in [2.45, 2.75) is 19.3 Å². The molecular weight excluding hydrogens is 274 g/mol. The minimum Gasteiger partial charge on any atom is -0.497 e. The van der Waals surface area contributed by atoms with Crippen LogP contribution in [0.4, 0.5) is 5.13 Å². The number of amides is 1. The summed E-state index contributed by atoms with van der Waals surface area (Å²) in [6.07, 6.45) is 3.11. The topological polar surface area (TPSA) is 64.1 Å². The van der Waals surface area contributed by atoms with Gasteiger partial charge in [0.2, 0.25) is 11.0 Å². The number of aromatic nitrogens is 2. The van der Waals surface area contributed by atoms with Crippen LogP contribution in [0.5, 0.6) is 5.75 Å². The van der Waals surface area contributed by atoms with Gasteiger partial charge in [-0.25, -0.2) is 0 Å². The molecule has 1 heterocycles. The molecule has 1 aromatic carbocycles. The summed E-state index contributed by atoms with van der Waals surface area (Å²) in [5.41, 5.74) is 0.965. The van der Waals surface area contributed by atoms with Crippen LogP contribution in [-0.4, -0.2) is 23.2 Å².